The molecule has 18 heavy (non-hydrogen) atoms. The molecule has 1 rings (SSSR count). The number of carbonyl (C=O) groups is 1. The molecule has 96 valence electrons. The highest BCUT2D eigenvalue weighted by Gasteiger charge is 1.98. The zero-order valence-electron chi connectivity index (χ0n) is 11.4. The fourth-order valence-corrected chi connectivity index (χ4v) is 1.58. The zero-order valence-corrected chi connectivity index (χ0v) is 11.4. The quantitative estimate of drug-likeness (QED) is 0.605. The minimum atomic E-state index is -0.0594. The van der Waals surface area contributed by atoms with Crippen molar-refractivity contribution in [1.82, 2.24) is 0 Å². The number of hydrogen-bond acceptors (Lipinski definition) is 1. The maximum atomic E-state index is 11.7. The third kappa shape index (κ3) is 6.04. The van der Waals surface area contributed by atoms with Crippen LogP contribution in [-0.4, -0.2) is 5.91 Å². The number of rotatable bonds is 5. The van der Waals surface area contributed by atoms with Gasteiger partial charge in [0, 0.05) is 11.8 Å². The second-order valence-electron chi connectivity index (χ2n) is 4.67. The van der Waals surface area contributed by atoms with E-state index in [1.165, 1.54) is 5.57 Å². The van der Waals surface area contributed by atoms with Crippen LogP contribution in [0.15, 0.2) is 53.6 Å². The van der Waals surface area contributed by atoms with Crippen LogP contribution in [0.4, 0.5) is 5.69 Å². The molecule has 0 aromatic heterocycles. The molecule has 0 fully saturated rings. The average Bonchev–Trinajstić information content (AvgIpc) is 2.29. The molecule has 0 aliphatic heterocycles. The van der Waals surface area contributed by atoms with Crippen LogP contribution in [0.2, 0.25) is 0 Å². The fourth-order valence-electron chi connectivity index (χ4n) is 1.58. The molecule has 1 amide bonds. The molecule has 1 N–H and O–H groups in total. The second-order valence-corrected chi connectivity index (χ2v) is 4.67. The standard InChI is InChI=1S/C16H21NO/c1-13(2)8-7-9-14(3)12-16(18)17-15-10-5-4-6-11-15/h4-6,8,10-12H,7,9H2,1-3H3,(H,17,18)/b14-12+. The Morgan fingerprint density at radius 3 is 2.44 bits per heavy atom. The first-order valence-electron chi connectivity index (χ1n) is 6.24. The molecule has 0 saturated heterocycles. The van der Waals surface area contributed by atoms with Crippen LogP contribution < -0.4 is 5.32 Å². The normalized spacial score (nSPS) is 10.9. The summed E-state index contributed by atoms with van der Waals surface area (Å²) in [6.07, 6.45) is 5.77. The van der Waals surface area contributed by atoms with Crippen molar-refractivity contribution < 1.29 is 4.79 Å². The molecule has 0 heterocycles. The first-order chi connectivity index (χ1) is 8.58. The van der Waals surface area contributed by atoms with Gasteiger partial charge in [-0.2, -0.15) is 0 Å². The van der Waals surface area contributed by atoms with Gasteiger partial charge >= 0.3 is 0 Å². The predicted octanol–water partition coefficient (Wildman–Crippen LogP) is 4.32. The maximum Gasteiger partial charge on any atom is 0.248 e. The zero-order chi connectivity index (χ0) is 13.4. The van der Waals surface area contributed by atoms with E-state index in [0.29, 0.717) is 0 Å². The largest absolute Gasteiger partial charge is 0.323 e. The third-order valence-electron chi connectivity index (χ3n) is 2.51. The summed E-state index contributed by atoms with van der Waals surface area (Å²) >= 11 is 0. The second kappa shape index (κ2) is 7.49. The molecule has 0 aliphatic rings. The lowest BCUT2D eigenvalue weighted by Gasteiger charge is -2.03. The smallest absolute Gasteiger partial charge is 0.248 e. The summed E-state index contributed by atoms with van der Waals surface area (Å²) < 4.78 is 0. The monoisotopic (exact) mass is 243 g/mol. The lowest BCUT2D eigenvalue weighted by Crippen LogP contribution is -2.08. The molecule has 0 aliphatic carbocycles. The molecule has 1 aromatic carbocycles. The molecule has 0 unspecified atom stereocenters. The van der Waals surface area contributed by atoms with Gasteiger partial charge in [0.25, 0.3) is 0 Å². The van der Waals surface area contributed by atoms with Crippen molar-refractivity contribution in [3.05, 3.63) is 53.6 Å². The first-order valence-corrected chi connectivity index (χ1v) is 6.24. The summed E-state index contributed by atoms with van der Waals surface area (Å²) in [7, 11) is 0. The fraction of sp³-hybridized carbons (Fsp3) is 0.312. The minimum absolute atomic E-state index is 0.0594. The van der Waals surface area contributed by atoms with Crippen LogP contribution in [0.25, 0.3) is 0 Å². The average molecular weight is 243 g/mol. The van der Waals surface area contributed by atoms with Crippen LogP contribution in [-0.2, 0) is 4.79 Å². The van der Waals surface area contributed by atoms with Crippen molar-refractivity contribution in [2.45, 2.75) is 33.6 Å². The van der Waals surface area contributed by atoms with Gasteiger partial charge in [0.05, 0.1) is 0 Å². The summed E-state index contributed by atoms with van der Waals surface area (Å²) in [4.78, 5) is 11.7. The highest BCUT2D eigenvalue weighted by atomic mass is 16.1. The van der Waals surface area contributed by atoms with E-state index in [1.807, 2.05) is 37.3 Å². The Labute approximate surface area is 109 Å². The van der Waals surface area contributed by atoms with Gasteiger partial charge in [0.1, 0.15) is 0 Å². The predicted molar refractivity (Wildman–Crippen MR) is 77.5 cm³/mol. The topological polar surface area (TPSA) is 29.1 Å². The lowest BCUT2D eigenvalue weighted by atomic mass is 10.1. The van der Waals surface area contributed by atoms with Gasteiger partial charge in [0.2, 0.25) is 5.91 Å². The Morgan fingerprint density at radius 1 is 1.17 bits per heavy atom. The molecule has 2 nitrogen and oxygen atoms in total. The van der Waals surface area contributed by atoms with Gasteiger partial charge < -0.3 is 5.32 Å². The first kappa shape index (κ1) is 14.2. The lowest BCUT2D eigenvalue weighted by molar-refractivity contribution is -0.112. The van der Waals surface area contributed by atoms with Gasteiger partial charge in [-0.1, -0.05) is 35.4 Å². The van der Waals surface area contributed by atoms with Crippen molar-refractivity contribution in [3.8, 4) is 0 Å². The Hall–Kier alpha value is -1.83. The van der Waals surface area contributed by atoms with Gasteiger partial charge in [-0.05, 0) is 45.7 Å². The Bertz CT molecular complexity index is 439. The SMILES string of the molecule is CC(C)=CCC/C(C)=C/C(=O)Nc1ccccc1. The van der Waals surface area contributed by atoms with Crippen molar-refractivity contribution >= 4 is 11.6 Å². The van der Waals surface area contributed by atoms with Crippen LogP contribution in [0.3, 0.4) is 0 Å². The van der Waals surface area contributed by atoms with E-state index in [9.17, 15) is 4.79 Å². The minimum Gasteiger partial charge on any atom is -0.323 e. The summed E-state index contributed by atoms with van der Waals surface area (Å²) in [6.45, 7) is 6.16. The van der Waals surface area contributed by atoms with E-state index in [1.54, 1.807) is 6.08 Å². The molecule has 0 saturated carbocycles. The summed E-state index contributed by atoms with van der Waals surface area (Å²) in [5, 5.41) is 2.84. The number of benzene rings is 1. The van der Waals surface area contributed by atoms with E-state index in [0.717, 1.165) is 24.1 Å². The van der Waals surface area contributed by atoms with E-state index < -0.39 is 0 Å². The number of carbonyl (C=O) groups excluding carboxylic acids is 1. The molecule has 0 spiro atoms. The van der Waals surface area contributed by atoms with Gasteiger partial charge in [-0.25, -0.2) is 0 Å². The summed E-state index contributed by atoms with van der Waals surface area (Å²) in [5.74, 6) is -0.0594. The number of nitrogens with one attached hydrogen (secondary N) is 1. The van der Waals surface area contributed by atoms with Gasteiger partial charge in [-0.15, -0.1) is 0 Å². The van der Waals surface area contributed by atoms with Crippen molar-refractivity contribution in [2.75, 3.05) is 5.32 Å². The molecule has 0 bridgehead atoms. The van der Waals surface area contributed by atoms with Crippen LogP contribution >= 0.6 is 0 Å². The summed E-state index contributed by atoms with van der Waals surface area (Å²) in [6, 6.07) is 9.49. The van der Waals surface area contributed by atoms with Crippen LogP contribution in [0.5, 0.6) is 0 Å². The summed E-state index contributed by atoms with van der Waals surface area (Å²) in [5.41, 5.74) is 3.24. The van der Waals surface area contributed by atoms with Gasteiger partial charge in [0.15, 0.2) is 0 Å². The van der Waals surface area contributed by atoms with Gasteiger partial charge in [-0.3, -0.25) is 4.79 Å². The Balaban J connectivity index is 2.45. The molecule has 0 radical (unpaired) electrons. The highest BCUT2D eigenvalue weighted by molar-refractivity contribution is 5.99. The molecule has 0 atom stereocenters. The number of anilines is 1. The Morgan fingerprint density at radius 2 is 1.83 bits per heavy atom. The van der Waals surface area contributed by atoms with Crippen LogP contribution in [0, 0.1) is 0 Å². The molecular weight excluding hydrogens is 222 g/mol. The number of para-hydroxylation sites is 1. The van der Waals surface area contributed by atoms with Crippen LogP contribution in [0.1, 0.15) is 33.6 Å². The number of amides is 1. The molecule has 1 aromatic rings. The van der Waals surface area contributed by atoms with E-state index in [-0.39, 0.29) is 5.91 Å². The van der Waals surface area contributed by atoms with E-state index in [2.05, 4.69) is 25.2 Å². The Kier molecular flexibility index (Phi) is 5.92. The van der Waals surface area contributed by atoms with Crippen molar-refractivity contribution in [3.63, 3.8) is 0 Å². The number of hydrogen-bond donors (Lipinski definition) is 1. The van der Waals surface area contributed by atoms with Crippen molar-refractivity contribution in [2.24, 2.45) is 0 Å². The van der Waals surface area contributed by atoms with E-state index >= 15 is 0 Å². The number of allylic oxidation sites excluding steroid dienone is 3. The van der Waals surface area contributed by atoms with Crippen molar-refractivity contribution in [1.29, 1.82) is 0 Å². The third-order valence-corrected chi connectivity index (χ3v) is 2.51. The molecule has 2 heteroatoms. The maximum absolute atomic E-state index is 11.7. The highest BCUT2D eigenvalue weighted by Crippen LogP contribution is 2.08. The van der Waals surface area contributed by atoms with E-state index in [4.69, 9.17) is 0 Å². The molecular formula is C16H21NO.